The van der Waals surface area contributed by atoms with E-state index in [0.29, 0.717) is 11.1 Å². The number of nitrogens with one attached hydrogen (secondary N) is 1. The second-order valence-corrected chi connectivity index (χ2v) is 5.70. The minimum atomic E-state index is -0.218. The molecule has 0 aliphatic heterocycles. The zero-order valence-electron chi connectivity index (χ0n) is 11.8. The van der Waals surface area contributed by atoms with E-state index in [4.69, 9.17) is 5.11 Å². The number of aliphatic hydroxyl groups excluding tert-OH is 1. The molecule has 21 heavy (non-hydrogen) atoms. The zero-order valence-corrected chi connectivity index (χ0v) is 12.6. The first-order valence-corrected chi connectivity index (χ1v) is 7.60. The molecule has 4 heteroatoms. The first-order valence-electron chi connectivity index (χ1n) is 6.72. The van der Waals surface area contributed by atoms with Crippen molar-refractivity contribution in [2.24, 2.45) is 0 Å². The van der Waals surface area contributed by atoms with Gasteiger partial charge in [0.05, 0.1) is 5.56 Å². The lowest BCUT2D eigenvalue weighted by atomic mass is 10.1. The highest BCUT2D eigenvalue weighted by Crippen LogP contribution is 2.12. The Bertz CT molecular complexity index is 653. The van der Waals surface area contributed by atoms with Gasteiger partial charge in [-0.1, -0.05) is 30.0 Å². The van der Waals surface area contributed by atoms with Gasteiger partial charge in [0.15, 0.2) is 0 Å². The number of hydrogen-bond acceptors (Lipinski definition) is 3. The van der Waals surface area contributed by atoms with Crippen LogP contribution in [0.25, 0.3) is 0 Å². The van der Waals surface area contributed by atoms with Crippen LogP contribution in [-0.4, -0.2) is 23.7 Å². The van der Waals surface area contributed by atoms with E-state index in [1.165, 1.54) is 4.88 Å². The summed E-state index contributed by atoms with van der Waals surface area (Å²) in [5, 5.41) is 13.8. The molecular weight excluding hydrogens is 282 g/mol. The zero-order chi connectivity index (χ0) is 15.1. The molecule has 108 valence electrons. The summed E-state index contributed by atoms with van der Waals surface area (Å²) in [6, 6.07) is 11.3. The molecule has 0 saturated heterocycles. The Morgan fingerprint density at radius 2 is 2.14 bits per heavy atom. The van der Waals surface area contributed by atoms with Gasteiger partial charge >= 0.3 is 0 Å². The van der Waals surface area contributed by atoms with Crippen LogP contribution in [-0.2, 0) is 6.42 Å². The average molecular weight is 299 g/mol. The van der Waals surface area contributed by atoms with Crippen LogP contribution < -0.4 is 5.32 Å². The molecule has 1 amide bonds. The highest BCUT2D eigenvalue weighted by molar-refractivity contribution is 7.09. The number of rotatable bonds is 4. The third kappa shape index (κ3) is 4.45. The fourth-order valence-electron chi connectivity index (χ4n) is 2.01. The van der Waals surface area contributed by atoms with Gasteiger partial charge in [0, 0.05) is 22.9 Å². The van der Waals surface area contributed by atoms with Crippen LogP contribution in [0.15, 0.2) is 41.8 Å². The normalized spacial score (nSPS) is 11.3. The van der Waals surface area contributed by atoms with Crippen LogP contribution in [0.3, 0.4) is 0 Å². The Kier molecular flexibility index (Phi) is 5.56. The largest absolute Gasteiger partial charge is 0.384 e. The number of carbonyl (C=O) groups is 1. The number of amides is 1. The standard InChI is InChI=1S/C17H17NO2S/c1-13(12-15-8-5-11-21-15)18-17(20)16-9-3-2-6-14(16)7-4-10-19/h2-3,5-6,8-9,11,13,19H,10,12H2,1H3,(H,18,20). The van der Waals surface area contributed by atoms with Crippen molar-refractivity contribution in [2.45, 2.75) is 19.4 Å². The van der Waals surface area contributed by atoms with Crippen molar-refractivity contribution < 1.29 is 9.90 Å². The van der Waals surface area contributed by atoms with E-state index in [9.17, 15) is 4.79 Å². The van der Waals surface area contributed by atoms with Gasteiger partial charge in [-0.25, -0.2) is 0 Å². The Hall–Kier alpha value is -2.09. The number of aliphatic hydroxyl groups is 1. The quantitative estimate of drug-likeness (QED) is 0.852. The molecular formula is C17H17NO2S. The lowest BCUT2D eigenvalue weighted by molar-refractivity contribution is 0.0940. The number of benzene rings is 1. The molecule has 1 aromatic carbocycles. The number of hydrogen-bond donors (Lipinski definition) is 2. The number of thiophene rings is 1. The van der Waals surface area contributed by atoms with E-state index in [2.05, 4.69) is 23.2 Å². The Morgan fingerprint density at radius 3 is 2.86 bits per heavy atom. The molecule has 1 heterocycles. The first kappa shape index (κ1) is 15.3. The summed E-state index contributed by atoms with van der Waals surface area (Å²) < 4.78 is 0. The molecule has 0 fully saturated rings. The van der Waals surface area contributed by atoms with Gasteiger partial charge in [-0.15, -0.1) is 11.3 Å². The second kappa shape index (κ2) is 7.63. The van der Waals surface area contributed by atoms with Crippen LogP contribution in [0.5, 0.6) is 0 Å². The van der Waals surface area contributed by atoms with Crippen molar-refractivity contribution in [1.82, 2.24) is 5.32 Å². The van der Waals surface area contributed by atoms with Crippen LogP contribution in [0.2, 0.25) is 0 Å². The monoisotopic (exact) mass is 299 g/mol. The molecule has 2 rings (SSSR count). The lowest BCUT2D eigenvalue weighted by Crippen LogP contribution is -2.34. The molecule has 2 N–H and O–H groups in total. The SMILES string of the molecule is CC(Cc1cccs1)NC(=O)c1ccccc1C#CCO. The molecule has 2 aromatic rings. The minimum Gasteiger partial charge on any atom is -0.384 e. The maximum absolute atomic E-state index is 12.3. The van der Waals surface area contributed by atoms with E-state index < -0.39 is 0 Å². The molecule has 0 bridgehead atoms. The van der Waals surface area contributed by atoms with Gasteiger partial charge in [-0.05, 0) is 30.5 Å². The van der Waals surface area contributed by atoms with Crippen LogP contribution in [0.1, 0.15) is 27.7 Å². The van der Waals surface area contributed by atoms with Gasteiger partial charge < -0.3 is 10.4 Å². The molecule has 0 aliphatic rings. The second-order valence-electron chi connectivity index (χ2n) is 4.66. The van der Waals surface area contributed by atoms with Crippen molar-refractivity contribution in [3.63, 3.8) is 0 Å². The first-order chi connectivity index (χ1) is 10.2. The smallest absolute Gasteiger partial charge is 0.252 e. The molecule has 3 nitrogen and oxygen atoms in total. The van der Waals surface area contributed by atoms with Crippen molar-refractivity contribution >= 4 is 17.2 Å². The van der Waals surface area contributed by atoms with Crippen LogP contribution in [0.4, 0.5) is 0 Å². The van der Waals surface area contributed by atoms with Crippen LogP contribution >= 0.6 is 11.3 Å². The summed E-state index contributed by atoms with van der Waals surface area (Å²) in [7, 11) is 0. The topological polar surface area (TPSA) is 49.3 Å². The molecule has 0 radical (unpaired) electrons. The lowest BCUT2D eigenvalue weighted by Gasteiger charge is -2.13. The third-order valence-corrected chi connectivity index (χ3v) is 3.84. The van der Waals surface area contributed by atoms with Crippen LogP contribution in [0, 0.1) is 11.8 Å². The molecule has 0 saturated carbocycles. The maximum Gasteiger partial charge on any atom is 0.252 e. The minimum absolute atomic E-state index is 0.0509. The van der Waals surface area contributed by atoms with Gasteiger partial charge in [0.1, 0.15) is 6.61 Å². The van der Waals surface area contributed by atoms with Gasteiger partial charge in [-0.2, -0.15) is 0 Å². The summed E-state index contributed by atoms with van der Waals surface area (Å²) in [6.45, 7) is 1.77. The summed E-state index contributed by atoms with van der Waals surface area (Å²) >= 11 is 1.69. The van der Waals surface area contributed by atoms with Gasteiger partial charge in [0.25, 0.3) is 5.91 Å². The average Bonchev–Trinajstić information content (AvgIpc) is 2.98. The van der Waals surface area contributed by atoms with E-state index >= 15 is 0 Å². The van der Waals surface area contributed by atoms with Crippen molar-refractivity contribution in [1.29, 1.82) is 0 Å². The highest BCUT2D eigenvalue weighted by atomic mass is 32.1. The molecule has 1 atom stereocenters. The van der Waals surface area contributed by atoms with E-state index in [-0.39, 0.29) is 18.6 Å². The third-order valence-electron chi connectivity index (χ3n) is 2.94. The summed E-state index contributed by atoms with van der Waals surface area (Å²) in [5.74, 6) is 5.24. The van der Waals surface area contributed by atoms with Crippen molar-refractivity contribution in [2.75, 3.05) is 6.61 Å². The van der Waals surface area contributed by atoms with Gasteiger partial charge in [-0.3, -0.25) is 4.79 Å². The summed E-state index contributed by atoms with van der Waals surface area (Å²) in [5.41, 5.74) is 1.17. The maximum atomic E-state index is 12.3. The fourth-order valence-corrected chi connectivity index (χ4v) is 2.84. The molecule has 1 unspecified atom stereocenters. The van der Waals surface area contributed by atoms with E-state index in [1.807, 2.05) is 30.5 Å². The van der Waals surface area contributed by atoms with E-state index in [1.54, 1.807) is 23.5 Å². The van der Waals surface area contributed by atoms with E-state index in [0.717, 1.165) is 6.42 Å². The summed E-state index contributed by atoms with van der Waals surface area (Å²) in [6.07, 6.45) is 0.813. The predicted molar refractivity (Wildman–Crippen MR) is 85.4 cm³/mol. The van der Waals surface area contributed by atoms with Crippen molar-refractivity contribution in [3.8, 4) is 11.8 Å². The summed E-state index contributed by atoms with van der Waals surface area (Å²) in [4.78, 5) is 13.6. The van der Waals surface area contributed by atoms with Gasteiger partial charge in [0.2, 0.25) is 0 Å². The molecule has 0 aliphatic carbocycles. The highest BCUT2D eigenvalue weighted by Gasteiger charge is 2.13. The Labute approximate surface area is 128 Å². The van der Waals surface area contributed by atoms with Crippen molar-refractivity contribution in [3.05, 3.63) is 57.8 Å². The fraction of sp³-hybridized carbons (Fsp3) is 0.235. The Morgan fingerprint density at radius 1 is 1.33 bits per heavy atom. The molecule has 1 aromatic heterocycles. The Balaban J connectivity index is 2.06. The predicted octanol–water partition coefficient (Wildman–Crippen LogP) is 2.45. The number of carbonyl (C=O) groups excluding carboxylic acids is 1. The molecule has 0 spiro atoms.